The number of aliphatic hydroxyl groups excluding tert-OH is 1. The summed E-state index contributed by atoms with van der Waals surface area (Å²) in [6, 6.07) is 16.3. The molecule has 176 valence electrons. The zero-order valence-electron chi connectivity index (χ0n) is 18.6. The molecule has 2 heterocycles. The summed E-state index contributed by atoms with van der Waals surface area (Å²) in [4.78, 5) is 31.2. The molecule has 0 aliphatic rings. The summed E-state index contributed by atoms with van der Waals surface area (Å²) in [6.45, 7) is -0.0348. The number of nitrogens with zero attached hydrogens (tertiary/aromatic N) is 4. The molecule has 2 aromatic heterocycles. The van der Waals surface area contributed by atoms with Gasteiger partial charge in [0.2, 0.25) is 5.95 Å². The number of rotatable bonds is 9. The van der Waals surface area contributed by atoms with E-state index >= 15 is 0 Å². The molecule has 0 bridgehead atoms. The van der Waals surface area contributed by atoms with Gasteiger partial charge in [-0.05, 0) is 42.0 Å². The molecule has 0 amide bonds. The molecule has 0 aliphatic heterocycles. The number of hydrogen-bond acceptors (Lipinski definition) is 8. The maximum atomic E-state index is 12.6. The van der Waals surface area contributed by atoms with Crippen molar-refractivity contribution >= 4 is 23.3 Å². The summed E-state index contributed by atoms with van der Waals surface area (Å²) in [5, 5.41) is 14.8. The standard InChI is InChI=1S/C23H24N6O5/c1-28-20-19(21(31)26-23(28)32)29(13-16(30)14-34-18-6-4-3-5-7-18)22(25-20)27-24-12-15-8-10-17(33-2)11-9-15/h3-12,16,30H,13-14H2,1-2H3,(H,25,27)(H,26,31,32)/b24-12+/t16-/m0/s1. The Morgan fingerprint density at radius 3 is 2.59 bits per heavy atom. The molecule has 2 aromatic carbocycles. The molecule has 0 saturated carbocycles. The molecule has 4 aromatic rings. The van der Waals surface area contributed by atoms with Gasteiger partial charge in [-0.3, -0.25) is 14.3 Å². The number of anilines is 1. The molecule has 1 atom stereocenters. The zero-order valence-corrected chi connectivity index (χ0v) is 18.6. The highest BCUT2D eigenvalue weighted by Crippen LogP contribution is 2.17. The van der Waals surface area contributed by atoms with Crippen molar-refractivity contribution < 1.29 is 14.6 Å². The quantitative estimate of drug-likeness (QED) is 0.251. The number of aliphatic hydroxyl groups is 1. The van der Waals surface area contributed by atoms with Gasteiger partial charge in [-0.15, -0.1) is 0 Å². The summed E-state index contributed by atoms with van der Waals surface area (Å²) in [6.07, 6.45) is 0.599. The van der Waals surface area contributed by atoms with Gasteiger partial charge in [0.05, 0.1) is 19.9 Å². The van der Waals surface area contributed by atoms with E-state index in [2.05, 4.69) is 20.5 Å². The SMILES string of the molecule is COc1ccc(/C=N/Nc2nc3c(c(=O)[nH]c(=O)n3C)n2C[C@H](O)COc2ccccc2)cc1. The molecule has 11 heteroatoms. The Labute approximate surface area is 193 Å². The summed E-state index contributed by atoms with van der Waals surface area (Å²) < 4.78 is 13.4. The number of para-hydroxylation sites is 1. The smallest absolute Gasteiger partial charge is 0.329 e. The van der Waals surface area contributed by atoms with Crippen LogP contribution in [0.4, 0.5) is 5.95 Å². The predicted molar refractivity (Wildman–Crippen MR) is 128 cm³/mol. The van der Waals surface area contributed by atoms with E-state index in [1.807, 2.05) is 30.3 Å². The van der Waals surface area contributed by atoms with E-state index in [9.17, 15) is 14.7 Å². The van der Waals surface area contributed by atoms with Gasteiger partial charge < -0.3 is 19.1 Å². The average molecular weight is 464 g/mol. The Morgan fingerprint density at radius 2 is 1.88 bits per heavy atom. The van der Waals surface area contributed by atoms with Gasteiger partial charge in [-0.2, -0.15) is 10.1 Å². The van der Waals surface area contributed by atoms with Crippen LogP contribution < -0.4 is 26.1 Å². The van der Waals surface area contributed by atoms with E-state index in [1.165, 1.54) is 16.2 Å². The maximum absolute atomic E-state index is 12.6. The number of hydrazone groups is 1. The number of imidazole rings is 1. The maximum Gasteiger partial charge on any atom is 0.329 e. The number of methoxy groups -OCH3 is 1. The summed E-state index contributed by atoms with van der Waals surface area (Å²) in [5.41, 5.74) is 2.68. The number of benzene rings is 2. The Bertz CT molecular complexity index is 1410. The Hall–Kier alpha value is -4.38. The van der Waals surface area contributed by atoms with Crippen molar-refractivity contribution in [1.29, 1.82) is 0 Å². The summed E-state index contributed by atoms with van der Waals surface area (Å²) in [5.74, 6) is 1.52. The second-order valence-electron chi connectivity index (χ2n) is 7.46. The second-order valence-corrected chi connectivity index (χ2v) is 7.46. The van der Waals surface area contributed by atoms with Crippen LogP contribution in [-0.2, 0) is 13.6 Å². The molecular weight excluding hydrogens is 440 g/mol. The Balaban J connectivity index is 1.60. The minimum Gasteiger partial charge on any atom is -0.497 e. The van der Waals surface area contributed by atoms with Crippen molar-refractivity contribution in [3.8, 4) is 11.5 Å². The van der Waals surface area contributed by atoms with Gasteiger partial charge in [-0.1, -0.05) is 18.2 Å². The molecule has 0 spiro atoms. The van der Waals surface area contributed by atoms with Crippen LogP contribution in [0.5, 0.6) is 11.5 Å². The lowest BCUT2D eigenvalue weighted by Crippen LogP contribution is -2.30. The van der Waals surface area contributed by atoms with Gasteiger partial charge in [0.25, 0.3) is 5.56 Å². The van der Waals surface area contributed by atoms with E-state index in [4.69, 9.17) is 9.47 Å². The molecule has 3 N–H and O–H groups in total. The molecule has 0 unspecified atom stereocenters. The van der Waals surface area contributed by atoms with Crippen molar-refractivity contribution in [2.75, 3.05) is 19.1 Å². The van der Waals surface area contributed by atoms with Crippen LogP contribution in [-0.4, -0.2) is 50.2 Å². The topological polar surface area (TPSA) is 136 Å². The van der Waals surface area contributed by atoms with E-state index in [-0.39, 0.29) is 30.3 Å². The van der Waals surface area contributed by atoms with Crippen molar-refractivity contribution in [2.24, 2.45) is 12.1 Å². The van der Waals surface area contributed by atoms with E-state index < -0.39 is 17.4 Å². The first-order valence-corrected chi connectivity index (χ1v) is 10.4. The molecule has 0 radical (unpaired) electrons. The summed E-state index contributed by atoms with van der Waals surface area (Å²) in [7, 11) is 3.08. The Kier molecular flexibility index (Phi) is 6.74. The van der Waals surface area contributed by atoms with Gasteiger partial charge >= 0.3 is 5.69 Å². The molecular formula is C23H24N6O5. The van der Waals surface area contributed by atoms with E-state index in [0.29, 0.717) is 5.75 Å². The number of H-pyrrole nitrogens is 1. The number of fused-ring (bicyclic) bond motifs is 1. The van der Waals surface area contributed by atoms with Crippen LogP contribution in [0.25, 0.3) is 11.2 Å². The lowest BCUT2D eigenvalue weighted by molar-refractivity contribution is 0.0938. The van der Waals surface area contributed by atoms with Crippen molar-refractivity contribution in [1.82, 2.24) is 19.1 Å². The average Bonchev–Trinajstić information content (AvgIpc) is 3.21. The van der Waals surface area contributed by atoms with Crippen LogP contribution in [0.2, 0.25) is 0 Å². The van der Waals surface area contributed by atoms with Gasteiger partial charge in [0.1, 0.15) is 24.2 Å². The first kappa shape index (κ1) is 22.8. The third kappa shape index (κ3) is 4.99. The largest absolute Gasteiger partial charge is 0.497 e. The predicted octanol–water partition coefficient (Wildman–Crippen LogP) is 1.32. The van der Waals surface area contributed by atoms with Crippen molar-refractivity contribution in [2.45, 2.75) is 12.6 Å². The molecule has 0 fully saturated rings. The molecule has 4 rings (SSSR count). The minimum atomic E-state index is -0.972. The van der Waals surface area contributed by atoms with Crippen LogP contribution in [0.15, 0.2) is 69.3 Å². The molecule has 0 saturated heterocycles. The zero-order chi connectivity index (χ0) is 24.1. The Morgan fingerprint density at radius 1 is 1.15 bits per heavy atom. The number of hydrogen-bond donors (Lipinski definition) is 3. The fourth-order valence-corrected chi connectivity index (χ4v) is 3.32. The van der Waals surface area contributed by atoms with Crippen molar-refractivity contribution in [3.05, 3.63) is 81.0 Å². The third-order valence-electron chi connectivity index (χ3n) is 5.08. The van der Waals surface area contributed by atoms with Gasteiger partial charge in [0.15, 0.2) is 11.2 Å². The first-order chi connectivity index (χ1) is 16.5. The normalized spacial score (nSPS) is 12.2. The number of aromatic amines is 1. The number of ether oxygens (including phenoxy) is 2. The fourth-order valence-electron chi connectivity index (χ4n) is 3.32. The number of aromatic nitrogens is 4. The van der Waals surface area contributed by atoms with Crippen LogP contribution in [0.1, 0.15) is 5.56 Å². The monoisotopic (exact) mass is 464 g/mol. The number of aryl methyl sites for hydroxylation is 1. The minimum absolute atomic E-state index is 0.0120. The highest BCUT2D eigenvalue weighted by molar-refractivity contribution is 5.80. The lowest BCUT2D eigenvalue weighted by Gasteiger charge is -2.15. The van der Waals surface area contributed by atoms with Gasteiger partial charge in [-0.25, -0.2) is 10.2 Å². The first-order valence-electron chi connectivity index (χ1n) is 10.4. The van der Waals surface area contributed by atoms with Crippen LogP contribution >= 0.6 is 0 Å². The summed E-state index contributed by atoms with van der Waals surface area (Å²) >= 11 is 0. The fraction of sp³-hybridized carbons (Fsp3) is 0.217. The highest BCUT2D eigenvalue weighted by Gasteiger charge is 2.20. The molecule has 34 heavy (non-hydrogen) atoms. The van der Waals surface area contributed by atoms with Crippen molar-refractivity contribution in [3.63, 3.8) is 0 Å². The third-order valence-corrected chi connectivity index (χ3v) is 5.08. The molecule has 11 nitrogen and oxygen atoms in total. The van der Waals surface area contributed by atoms with E-state index in [0.717, 1.165) is 11.3 Å². The highest BCUT2D eigenvalue weighted by atomic mass is 16.5. The second kappa shape index (κ2) is 10.0. The lowest BCUT2D eigenvalue weighted by atomic mass is 10.2. The van der Waals surface area contributed by atoms with Gasteiger partial charge in [0, 0.05) is 7.05 Å². The molecule has 0 aliphatic carbocycles. The van der Waals surface area contributed by atoms with E-state index in [1.54, 1.807) is 37.6 Å². The number of nitrogens with one attached hydrogen (secondary N) is 2. The van der Waals surface area contributed by atoms with Crippen LogP contribution in [0.3, 0.4) is 0 Å². The van der Waals surface area contributed by atoms with Crippen LogP contribution in [0, 0.1) is 0 Å².